The maximum atomic E-state index is 5.45. The summed E-state index contributed by atoms with van der Waals surface area (Å²) >= 11 is 1.58. The van der Waals surface area contributed by atoms with Crippen molar-refractivity contribution in [2.24, 2.45) is 5.73 Å². The van der Waals surface area contributed by atoms with E-state index >= 15 is 0 Å². The first-order valence-corrected chi connectivity index (χ1v) is 6.96. The third-order valence-corrected chi connectivity index (χ3v) is 3.53. The Bertz CT molecular complexity index is 701. The lowest BCUT2D eigenvalue weighted by Gasteiger charge is -1.91. The molecule has 0 spiro atoms. The molecule has 0 fully saturated rings. The number of hydrogen-bond donors (Lipinski definition) is 1. The predicted octanol–water partition coefficient (Wildman–Crippen LogP) is 0.643. The van der Waals surface area contributed by atoms with Gasteiger partial charge < -0.3 is 10.3 Å². The first kappa shape index (κ1) is 12.9. The predicted molar refractivity (Wildman–Crippen MR) is 72.0 cm³/mol. The molecule has 3 aromatic heterocycles. The number of thiazole rings is 1. The second-order valence-electron chi connectivity index (χ2n) is 4.23. The van der Waals surface area contributed by atoms with Crippen LogP contribution in [0.1, 0.15) is 16.5 Å². The van der Waals surface area contributed by atoms with Crippen LogP contribution >= 0.6 is 11.3 Å². The number of nitrogens with two attached hydrogens (primary N) is 1. The fourth-order valence-corrected chi connectivity index (χ4v) is 2.46. The average Bonchev–Trinajstić information content (AvgIpc) is 3.12. The van der Waals surface area contributed by atoms with Crippen molar-refractivity contribution >= 4 is 11.3 Å². The van der Waals surface area contributed by atoms with Gasteiger partial charge in [0.15, 0.2) is 11.5 Å². The molecule has 8 nitrogen and oxygen atoms in total. The molecule has 0 radical (unpaired) electrons. The van der Waals surface area contributed by atoms with Crippen LogP contribution in [-0.4, -0.2) is 36.7 Å². The van der Waals surface area contributed by atoms with Crippen molar-refractivity contribution in [3.63, 3.8) is 0 Å². The fraction of sp³-hybridized carbons (Fsp3) is 0.364. The molecule has 3 aromatic rings. The summed E-state index contributed by atoms with van der Waals surface area (Å²) in [5.41, 5.74) is 7.00. The molecule has 3 heterocycles. The van der Waals surface area contributed by atoms with E-state index in [4.69, 9.17) is 10.3 Å². The zero-order chi connectivity index (χ0) is 13.9. The first-order valence-electron chi connectivity index (χ1n) is 6.09. The van der Waals surface area contributed by atoms with Gasteiger partial charge in [-0.1, -0.05) is 10.4 Å². The summed E-state index contributed by atoms with van der Waals surface area (Å²) in [5, 5.41) is 14.8. The maximum absolute atomic E-state index is 5.45. The van der Waals surface area contributed by atoms with Crippen LogP contribution in [0.15, 0.2) is 16.1 Å². The van der Waals surface area contributed by atoms with Crippen LogP contribution in [0.4, 0.5) is 0 Å². The molecule has 0 amide bonds. The quantitative estimate of drug-likeness (QED) is 0.734. The highest BCUT2D eigenvalue weighted by Gasteiger charge is 2.13. The normalized spacial score (nSPS) is 11.1. The van der Waals surface area contributed by atoms with Gasteiger partial charge in [0, 0.05) is 17.6 Å². The molecule has 3 rings (SSSR count). The lowest BCUT2D eigenvalue weighted by atomic mass is 10.4. The minimum absolute atomic E-state index is 0.358. The van der Waals surface area contributed by atoms with E-state index in [1.165, 1.54) is 0 Å². The third-order valence-electron chi connectivity index (χ3n) is 2.56. The minimum atomic E-state index is 0.358. The molecular formula is C11H13N7OS. The fourth-order valence-electron chi connectivity index (χ4n) is 1.69. The van der Waals surface area contributed by atoms with Crippen LogP contribution in [0.3, 0.4) is 0 Å². The Balaban J connectivity index is 1.75. The molecule has 2 N–H and O–H groups in total. The van der Waals surface area contributed by atoms with Crippen molar-refractivity contribution in [1.29, 1.82) is 0 Å². The van der Waals surface area contributed by atoms with Crippen molar-refractivity contribution in [2.45, 2.75) is 19.9 Å². The molecule has 0 aliphatic rings. The minimum Gasteiger partial charge on any atom is -0.332 e. The second kappa shape index (κ2) is 5.47. The Morgan fingerprint density at radius 2 is 2.30 bits per heavy atom. The van der Waals surface area contributed by atoms with Gasteiger partial charge in [-0.3, -0.25) is 4.68 Å². The number of aromatic nitrogens is 6. The molecule has 0 atom stereocenters. The van der Waals surface area contributed by atoms with Crippen LogP contribution in [0, 0.1) is 6.92 Å². The maximum Gasteiger partial charge on any atom is 0.280 e. The van der Waals surface area contributed by atoms with Crippen LogP contribution in [-0.2, 0) is 13.0 Å². The van der Waals surface area contributed by atoms with E-state index in [9.17, 15) is 0 Å². The molecule has 0 aliphatic carbocycles. The van der Waals surface area contributed by atoms with Gasteiger partial charge in [0.05, 0.1) is 19.2 Å². The van der Waals surface area contributed by atoms with Crippen molar-refractivity contribution in [1.82, 2.24) is 30.1 Å². The van der Waals surface area contributed by atoms with Crippen molar-refractivity contribution in [3.05, 3.63) is 28.1 Å². The highest BCUT2D eigenvalue weighted by Crippen LogP contribution is 2.16. The number of nitrogens with zero attached hydrogens (tertiary/aromatic N) is 6. The van der Waals surface area contributed by atoms with E-state index < -0.39 is 0 Å². The van der Waals surface area contributed by atoms with E-state index in [0.717, 1.165) is 10.7 Å². The van der Waals surface area contributed by atoms with E-state index in [-0.39, 0.29) is 0 Å². The Morgan fingerprint density at radius 1 is 1.40 bits per heavy atom. The Kier molecular flexibility index (Phi) is 3.52. The van der Waals surface area contributed by atoms with Gasteiger partial charge in [-0.25, -0.2) is 4.98 Å². The summed E-state index contributed by atoms with van der Waals surface area (Å²) in [6.45, 7) is 3.06. The lowest BCUT2D eigenvalue weighted by Crippen LogP contribution is -2.10. The Hall–Kier alpha value is -2.13. The molecule has 20 heavy (non-hydrogen) atoms. The molecule has 104 valence electrons. The van der Waals surface area contributed by atoms with Crippen LogP contribution in [0.2, 0.25) is 0 Å². The third kappa shape index (κ3) is 2.73. The number of aryl methyl sites for hydroxylation is 1. The summed E-state index contributed by atoms with van der Waals surface area (Å²) in [6, 6.07) is 0. The van der Waals surface area contributed by atoms with Crippen molar-refractivity contribution in [3.8, 4) is 11.6 Å². The second-order valence-corrected chi connectivity index (χ2v) is 5.17. The van der Waals surface area contributed by atoms with Crippen LogP contribution < -0.4 is 5.73 Å². The summed E-state index contributed by atoms with van der Waals surface area (Å²) < 4.78 is 6.83. The Morgan fingerprint density at radius 3 is 3.05 bits per heavy atom. The largest absolute Gasteiger partial charge is 0.332 e. The van der Waals surface area contributed by atoms with E-state index in [1.54, 1.807) is 22.2 Å². The van der Waals surface area contributed by atoms with Gasteiger partial charge in [0.25, 0.3) is 5.89 Å². The zero-order valence-corrected chi connectivity index (χ0v) is 11.7. The highest BCUT2D eigenvalue weighted by atomic mass is 32.1. The van der Waals surface area contributed by atoms with Gasteiger partial charge >= 0.3 is 0 Å². The molecule has 0 aliphatic heterocycles. The summed E-state index contributed by atoms with van der Waals surface area (Å²) in [7, 11) is 0. The smallest absolute Gasteiger partial charge is 0.280 e. The first-order chi connectivity index (χ1) is 9.74. The molecule has 0 saturated carbocycles. The lowest BCUT2D eigenvalue weighted by molar-refractivity contribution is 0.422. The molecule has 0 bridgehead atoms. The zero-order valence-electron chi connectivity index (χ0n) is 10.9. The van der Waals surface area contributed by atoms with Gasteiger partial charge in [-0.15, -0.1) is 16.4 Å². The van der Waals surface area contributed by atoms with Gasteiger partial charge in [-0.05, 0) is 6.92 Å². The average molecular weight is 291 g/mol. The van der Waals surface area contributed by atoms with E-state index in [2.05, 4.69) is 25.4 Å². The van der Waals surface area contributed by atoms with Crippen molar-refractivity contribution < 1.29 is 4.52 Å². The number of hydrogen-bond acceptors (Lipinski definition) is 8. The highest BCUT2D eigenvalue weighted by molar-refractivity contribution is 7.09. The Labute approximate surface area is 118 Å². The standard InChI is InChI=1S/C11H13N7OS/c1-7-6-20-10(13-7)4-9-14-11(19-16-9)8-5-18(3-2-12)17-15-8/h5-6H,2-4,12H2,1H3. The molecule has 0 unspecified atom stereocenters. The molecular weight excluding hydrogens is 278 g/mol. The van der Waals surface area contributed by atoms with Gasteiger partial charge in [0.2, 0.25) is 0 Å². The summed E-state index contributed by atoms with van der Waals surface area (Å²) in [5.74, 6) is 0.944. The summed E-state index contributed by atoms with van der Waals surface area (Å²) in [4.78, 5) is 8.67. The van der Waals surface area contributed by atoms with Crippen LogP contribution in [0.25, 0.3) is 11.6 Å². The SMILES string of the molecule is Cc1csc(Cc2noc(-c3cn(CCN)nn3)n2)n1. The topological polar surface area (TPSA) is 109 Å². The monoisotopic (exact) mass is 291 g/mol. The summed E-state index contributed by atoms with van der Waals surface area (Å²) in [6.07, 6.45) is 2.29. The van der Waals surface area contributed by atoms with E-state index in [0.29, 0.717) is 36.9 Å². The van der Waals surface area contributed by atoms with Crippen molar-refractivity contribution in [2.75, 3.05) is 6.54 Å². The van der Waals surface area contributed by atoms with Gasteiger partial charge in [0.1, 0.15) is 5.01 Å². The molecule has 0 aromatic carbocycles. The molecule has 9 heteroatoms. The molecule has 0 saturated heterocycles. The van der Waals surface area contributed by atoms with Crippen LogP contribution in [0.5, 0.6) is 0 Å². The van der Waals surface area contributed by atoms with Gasteiger partial charge in [-0.2, -0.15) is 4.98 Å². The number of rotatable bonds is 5. The van der Waals surface area contributed by atoms with E-state index in [1.807, 2.05) is 12.3 Å².